The van der Waals surface area contributed by atoms with Gasteiger partial charge in [0, 0.05) is 25.3 Å². The fourth-order valence-corrected chi connectivity index (χ4v) is 4.23. The summed E-state index contributed by atoms with van der Waals surface area (Å²) in [7, 11) is 0. The molecule has 11 nitrogen and oxygen atoms in total. The molecule has 1 aromatic carbocycles. The maximum Gasteiger partial charge on any atom is 0.407 e. The molecular weight excluding hydrogens is 430 g/mol. The number of aromatic amines is 1. The van der Waals surface area contributed by atoms with E-state index in [0.717, 1.165) is 0 Å². The van der Waals surface area contributed by atoms with Gasteiger partial charge in [-0.2, -0.15) is 0 Å². The Bertz CT molecular complexity index is 1220. The third-order valence-corrected chi connectivity index (χ3v) is 5.85. The van der Waals surface area contributed by atoms with Crippen LogP contribution < -0.4 is 19.5 Å². The third kappa shape index (κ3) is 3.75. The number of aromatic nitrogens is 3. The number of hydrogen-bond acceptors (Lipinski definition) is 7. The smallest absolute Gasteiger partial charge is 0.407 e. The van der Waals surface area contributed by atoms with Crippen LogP contribution in [-0.4, -0.2) is 69.5 Å². The summed E-state index contributed by atoms with van der Waals surface area (Å²) in [5.41, 5.74) is 2.61. The van der Waals surface area contributed by atoms with Crippen LogP contribution in [0.3, 0.4) is 0 Å². The van der Waals surface area contributed by atoms with Crippen LogP contribution in [0.25, 0.3) is 22.3 Å². The Balaban J connectivity index is 1.46. The molecule has 1 saturated heterocycles. The number of nitrogens with one attached hydrogen (secondary N) is 2. The fourth-order valence-electron chi connectivity index (χ4n) is 4.23. The van der Waals surface area contributed by atoms with Crippen molar-refractivity contribution < 1.29 is 28.9 Å². The molecule has 0 bridgehead atoms. The summed E-state index contributed by atoms with van der Waals surface area (Å²) >= 11 is 0. The molecule has 2 amide bonds. The molecule has 1 fully saturated rings. The van der Waals surface area contributed by atoms with E-state index < -0.39 is 6.09 Å². The normalized spacial score (nSPS) is 15.6. The number of carbonyl (C=O) groups is 2. The first-order chi connectivity index (χ1) is 16.1. The third-order valence-electron chi connectivity index (χ3n) is 5.85. The predicted molar refractivity (Wildman–Crippen MR) is 117 cm³/mol. The molecule has 5 rings (SSSR count). The van der Waals surface area contributed by atoms with Gasteiger partial charge in [-0.3, -0.25) is 4.79 Å². The summed E-state index contributed by atoms with van der Waals surface area (Å²) in [6, 6.07) is 3.49. The maximum atomic E-state index is 13.0. The van der Waals surface area contributed by atoms with E-state index in [1.807, 2.05) is 6.92 Å². The molecule has 172 valence electrons. The van der Waals surface area contributed by atoms with Crippen molar-refractivity contribution in [3.8, 4) is 28.5 Å². The zero-order valence-electron chi connectivity index (χ0n) is 18.0. The molecule has 0 saturated carbocycles. The molecule has 33 heavy (non-hydrogen) atoms. The van der Waals surface area contributed by atoms with E-state index in [-0.39, 0.29) is 18.7 Å². The molecule has 0 unspecified atom stereocenters. The SMILES string of the molecule is CCOc1ccc2c(c1-c1ncnc3c(C(=O)NC4CCN(C(=O)O)CC4)c[nH]c13)OCO2. The van der Waals surface area contributed by atoms with Crippen molar-refractivity contribution in [1.82, 2.24) is 25.2 Å². The Labute approximate surface area is 188 Å². The van der Waals surface area contributed by atoms with Crippen LogP contribution in [0.1, 0.15) is 30.1 Å². The summed E-state index contributed by atoms with van der Waals surface area (Å²) in [6.45, 7) is 3.23. The Morgan fingerprint density at radius 2 is 2.09 bits per heavy atom. The number of amides is 2. The standard InChI is InChI=1S/C22H23N5O6/c1-2-31-14-3-4-15-20(33-11-32-15)16(14)18-19-17(24-10-25-18)13(9-23-19)21(28)26-12-5-7-27(8-6-12)22(29)30/h3-4,9-10,12,23H,2,5-8,11H2,1H3,(H,26,28)(H,29,30). The molecule has 3 aromatic rings. The van der Waals surface area contributed by atoms with Crippen molar-refractivity contribution in [2.75, 3.05) is 26.5 Å². The van der Waals surface area contributed by atoms with Gasteiger partial charge in [-0.1, -0.05) is 0 Å². The summed E-state index contributed by atoms with van der Waals surface area (Å²) in [5.74, 6) is 1.44. The van der Waals surface area contributed by atoms with E-state index in [4.69, 9.17) is 19.3 Å². The second-order valence-electron chi connectivity index (χ2n) is 7.77. The molecule has 3 N–H and O–H groups in total. The van der Waals surface area contributed by atoms with Gasteiger partial charge in [0.1, 0.15) is 23.3 Å². The molecule has 4 heterocycles. The number of benzene rings is 1. The molecule has 11 heteroatoms. The van der Waals surface area contributed by atoms with Crippen molar-refractivity contribution in [3.05, 3.63) is 30.2 Å². The monoisotopic (exact) mass is 453 g/mol. The van der Waals surface area contributed by atoms with Crippen molar-refractivity contribution in [2.24, 2.45) is 0 Å². The van der Waals surface area contributed by atoms with Crippen LogP contribution in [0.5, 0.6) is 17.2 Å². The lowest BCUT2D eigenvalue weighted by Crippen LogP contribution is -2.46. The minimum absolute atomic E-state index is 0.102. The van der Waals surface area contributed by atoms with Crippen LogP contribution in [0.4, 0.5) is 4.79 Å². The molecule has 2 aliphatic rings. The number of likely N-dealkylation sites (tertiary alicyclic amines) is 1. The van der Waals surface area contributed by atoms with Crippen molar-refractivity contribution >= 4 is 23.0 Å². The van der Waals surface area contributed by atoms with E-state index in [9.17, 15) is 9.59 Å². The van der Waals surface area contributed by atoms with Gasteiger partial charge >= 0.3 is 6.09 Å². The first kappa shape index (κ1) is 20.9. The van der Waals surface area contributed by atoms with Crippen molar-refractivity contribution in [2.45, 2.75) is 25.8 Å². The van der Waals surface area contributed by atoms with E-state index >= 15 is 0 Å². The molecule has 2 aromatic heterocycles. The van der Waals surface area contributed by atoms with Crippen LogP contribution in [0, 0.1) is 0 Å². The number of piperidine rings is 1. The number of rotatable bonds is 5. The average Bonchev–Trinajstić information content (AvgIpc) is 3.46. The Kier molecular flexibility index (Phi) is 5.37. The van der Waals surface area contributed by atoms with Gasteiger partial charge in [-0.15, -0.1) is 0 Å². The zero-order chi connectivity index (χ0) is 22.9. The van der Waals surface area contributed by atoms with Gasteiger partial charge in [0.05, 0.1) is 23.3 Å². The minimum Gasteiger partial charge on any atom is -0.493 e. The predicted octanol–water partition coefficient (Wildman–Crippen LogP) is 2.62. The highest BCUT2D eigenvalue weighted by Gasteiger charge is 2.28. The number of ether oxygens (including phenoxy) is 3. The topological polar surface area (TPSA) is 139 Å². The summed E-state index contributed by atoms with van der Waals surface area (Å²) in [6.07, 6.45) is 3.19. The minimum atomic E-state index is -0.936. The average molecular weight is 453 g/mol. The molecule has 2 aliphatic heterocycles. The highest BCUT2D eigenvalue weighted by molar-refractivity contribution is 6.08. The van der Waals surface area contributed by atoms with Crippen LogP contribution in [0.15, 0.2) is 24.7 Å². The van der Waals surface area contributed by atoms with Crippen LogP contribution >= 0.6 is 0 Å². The summed E-state index contributed by atoms with van der Waals surface area (Å²) < 4.78 is 17.0. The number of nitrogens with zero attached hydrogens (tertiary/aromatic N) is 3. The fraction of sp³-hybridized carbons (Fsp3) is 0.364. The summed E-state index contributed by atoms with van der Waals surface area (Å²) in [5, 5.41) is 12.1. The second-order valence-corrected chi connectivity index (χ2v) is 7.77. The number of fused-ring (bicyclic) bond motifs is 2. The molecule has 0 spiro atoms. The number of carboxylic acid groups (broad SMARTS) is 1. The van der Waals surface area contributed by atoms with Gasteiger partial charge in [0.15, 0.2) is 11.5 Å². The second kappa shape index (κ2) is 8.49. The lowest BCUT2D eigenvalue weighted by atomic mass is 10.0. The molecular formula is C22H23N5O6. The first-order valence-corrected chi connectivity index (χ1v) is 10.7. The Morgan fingerprint density at radius 1 is 1.27 bits per heavy atom. The van der Waals surface area contributed by atoms with E-state index in [2.05, 4.69) is 20.3 Å². The Morgan fingerprint density at radius 3 is 2.85 bits per heavy atom. The molecule has 0 atom stereocenters. The van der Waals surface area contributed by atoms with E-state index in [1.54, 1.807) is 18.3 Å². The van der Waals surface area contributed by atoms with Gasteiger partial charge in [-0.05, 0) is 31.9 Å². The van der Waals surface area contributed by atoms with Gasteiger partial charge in [0.25, 0.3) is 5.91 Å². The molecule has 0 radical (unpaired) electrons. The first-order valence-electron chi connectivity index (χ1n) is 10.7. The number of hydrogen-bond donors (Lipinski definition) is 3. The van der Waals surface area contributed by atoms with Crippen molar-refractivity contribution in [3.63, 3.8) is 0 Å². The highest BCUT2D eigenvalue weighted by atomic mass is 16.7. The van der Waals surface area contributed by atoms with Crippen LogP contribution in [0.2, 0.25) is 0 Å². The Hall–Kier alpha value is -4.02. The largest absolute Gasteiger partial charge is 0.493 e. The van der Waals surface area contributed by atoms with Crippen LogP contribution in [-0.2, 0) is 0 Å². The van der Waals surface area contributed by atoms with Crippen molar-refractivity contribution in [1.29, 1.82) is 0 Å². The zero-order valence-corrected chi connectivity index (χ0v) is 18.0. The highest BCUT2D eigenvalue weighted by Crippen LogP contribution is 2.47. The quantitative estimate of drug-likeness (QED) is 0.536. The molecule has 0 aliphatic carbocycles. The lowest BCUT2D eigenvalue weighted by molar-refractivity contribution is 0.0909. The van der Waals surface area contributed by atoms with Gasteiger partial charge in [-0.25, -0.2) is 14.8 Å². The van der Waals surface area contributed by atoms with Gasteiger partial charge in [0.2, 0.25) is 6.79 Å². The lowest BCUT2D eigenvalue weighted by Gasteiger charge is -2.30. The number of carbonyl (C=O) groups excluding carboxylic acids is 1. The van der Waals surface area contributed by atoms with E-state index in [0.29, 0.717) is 77.6 Å². The summed E-state index contributed by atoms with van der Waals surface area (Å²) in [4.78, 5) is 37.4. The maximum absolute atomic E-state index is 13.0. The van der Waals surface area contributed by atoms with Gasteiger partial charge < -0.3 is 34.5 Å². The number of H-pyrrole nitrogens is 1. The van der Waals surface area contributed by atoms with E-state index in [1.165, 1.54) is 11.2 Å².